The number of anilines is 1. The molecular formula is C14H10N2O5S2. The maximum absolute atomic E-state index is 10.8. The fraction of sp³-hybridized carbons (Fsp3) is 0. The zero-order valence-corrected chi connectivity index (χ0v) is 13.0. The molecule has 0 saturated carbocycles. The number of hydrogen-bond acceptors (Lipinski definition) is 9. The van der Waals surface area contributed by atoms with Crippen molar-refractivity contribution in [1.82, 2.24) is 4.98 Å². The lowest BCUT2D eigenvalue weighted by atomic mass is 10.1. The molecule has 3 rings (SSSR count). The van der Waals surface area contributed by atoms with Gasteiger partial charge in [-0.1, -0.05) is 6.07 Å². The van der Waals surface area contributed by atoms with Gasteiger partial charge in [0.15, 0.2) is 29.3 Å². The first-order valence-electron chi connectivity index (χ1n) is 6.24. The Balaban J connectivity index is 1.98. The van der Waals surface area contributed by atoms with E-state index in [1.165, 1.54) is 11.3 Å². The molecule has 2 aromatic carbocycles. The number of aldehydes is 1. The molecule has 0 aliphatic heterocycles. The highest BCUT2D eigenvalue weighted by Crippen LogP contribution is 2.50. The maximum Gasteiger partial charge on any atom is 0.187 e. The standard InChI is InChI=1S/C14H10N2O5S2/c17-4-6-11(18)13(20)10(14(21)12(6)19)16-23-8-3-1-2-7-9(8)15-5-22-7/h1-5,16,18-21H. The summed E-state index contributed by atoms with van der Waals surface area (Å²) in [6.45, 7) is 0. The van der Waals surface area contributed by atoms with E-state index in [-0.39, 0.29) is 12.0 Å². The van der Waals surface area contributed by atoms with Gasteiger partial charge in [-0.2, -0.15) is 0 Å². The number of benzene rings is 2. The van der Waals surface area contributed by atoms with Crippen LogP contribution in [0, 0.1) is 0 Å². The van der Waals surface area contributed by atoms with Crippen LogP contribution in [0.15, 0.2) is 28.6 Å². The van der Waals surface area contributed by atoms with Crippen molar-refractivity contribution in [2.75, 3.05) is 4.72 Å². The quantitative estimate of drug-likeness (QED) is 0.211. The van der Waals surface area contributed by atoms with Crippen molar-refractivity contribution >= 4 is 45.5 Å². The van der Waals surface area contributed by atoms with E-state index in [0.717, 1.165) is 27.1 Å². The number of fused-ring (bicyclic) bond motifs is 1. The first-order valence-corrected chi connectivity index (χ1v) is 7.94. The highest BCUT2D eigenvalue weighted by Gasteiger charge is 2.23. The Morgan fingerprint density at radius 2 is 1.78 bits per heavy atom. The first-order chi connectivity index (χ1) is 11.0. The van der Waals surface area contributed by atoms with Gasteiger partial charge in [0.1, 0.15) is 11.3 Å². The van der Waals surface area contributed by atoms with Crippen molar-refractivity contribution in [3.63, 3.8) is 0 Å². The van der Waals surface area contributed by atoms with E-state index < -0.39 is 28.6 Å². The van der Waals surface area contributed by atoms with Gasteiger partial charge < -0.3 is 25.1 Å². The van der Waals surface area contributed by atoms with Gasteiger partial charge in [0.05, 0.1) is 20.6 Å². The second-order valence-corrected chi connectivity index (χ2v) is 6.19. The predicted molar refractivity (Wildman–Crippen MR) is 87.6 cm³/mol. The number of phenols is 4. The summed E-state index contributed by atoms with van der Waals surface area (Å²) in [5.41, 5.74) is 1.55. The molecule has 0 atom stereocenters. The molecule has 0 bridgehead atoms. The topological polar surface area (TPSA) is 123 Å². The number of nitrogens with zero attached hydrogens (tertiary/aromatic N) is 1. The molecule has 7 nitrogen and oxygen atoms in total. The van der Waals surface area contributed by atoms with Crippen LogP contribution in [0.25, 0.3) is 10.2 Å². The number of thiazole rings is 1. The number of hydrogen-bond donors (Lipinski definition) is 5. The van der Waals surface area contributed by atoms with Crippen molar-refractivity contribution in [3.05, 3.63) is 29.3 Å². The SMILES string of the molecule is O=Cc1c(O)c(O)c(NSc2cccc3scnc23)c(O)c1O. The van der Waals surface area contributed by atoms with E-state index >= 15 is 0 Å². The molecule has 5 N–H and O–H groups in total. The Morgan fingerprint density at radius 3 is 2.43 bits per heavy atom. The normalized spacial score (nSPS) is 10.8. The summed E-state index contributed by atoms with van der Waals surface area (Å²) >= 11 is 2.50. The summed E-state index contributed by atoms with van der Waals surface area (Å²) in [5, 5.41) is 39.2. The molecular weight excluding hydrogens is 340 g/mol. The third kappa shape index (κ3) is 2.49. The molecule has 1 aromatic heterocycles. The molecule has 0 saturated heterocycles. The number of aromatic hydroxyl groups is 4. The summed E-state index contributed by atoms with van der Waals surface area (Å²) < 4.78 is 3.62. The van der Waals surface area contributed by atoms with Crippen LogP contribution in [0.2, 0.25) is 0 Å². The number of rotatable bonds is 4. The van der Waals surface area contributed by atoms with Crippen LogP contribution in [0.4, 0.5) is 5.69 Å². The lowest BCUT2D eigenvalue weighted by Crippen LogP contribution is -1.93. The second-order valence-electron chi connectivity index (χ2n) is 4.46. The highest BCUT2D eigenvalue weighted by atomic mass is 32.2. The summed E-state index contributed by atoms with van der Waals surface area (Å²) in [4.78, 5) is 15.7. The minimum absolute atomic E-state index is 0.136. The van der Waals surface area contributed by atoms with Crippen LogP contribution < -0.4 is 4.72 Å². The molecule has 3 aromatic rings. The van der Waals surface area contributed by atoms with E-state index in [0.29, 0.717) is 0 Å². The Bertz CT molecular complexity index is 881. The van der Waals surface area contributed by atoms with Gasteiger partial charge in [0.25, 0.3) is 0 Å². The summed E-state index contributed by atoms with van der Waals surface area (Å²) in [6, 6.07) is 5.52. The largest absolute Gasteiger partial charge is 0.504 e. The van der Waals surface area contributed by atoms with Gasteiger partial charge in [-0.05, 0) is 24.1 Å². The van der Waals surface area contributed by atoms with E-state index in [2.05, 4.69) is 9.71 Å². The number of aromatic nitrogens is 1. The van der Waals surface area contributed by atoms with Gasteiger partial charge in [-0.3, -0.25) is 4.79 Å². The van der Waals surface area contributed by atoms with Gasteiger partial charge >= 0.3 is 0 Å². The van der Waals surface area contributed by atoms with Crippen LogP contribution in [0.1, 0.15) is 10.4 Å². The molecule has 23 heavy (non-hydrogen) atoms. The van der Waals surface area contributed by atoms with Crippen LogP contribution in [-0.2, 0) is 0 Å². The zero-order chi connectivity index (χ0) is 16.6. The fourth-order valence-corrected chi connectivity index (χ4v) is 3.55. The molecule has 0 aliphatic carbocycles. The second kappa shape index (κ2) is 5.86. The van der Waals surface area contributed by atoms with Crippen LogP contribution in [0.3, 0.4) is 0 Å². The summed E-state index contributed by atoms with van der Waals surface area (Å²) in [7, 11) is 0. The van der Waals surface area contributed by atoms with Gasteiger partial charge in [0, 0.05) is 0 Å². The molecule has 0 fully saturated rings. The average molecular weight is 350 g/mol. The Kier molecular flexibility index (Phi) is 3.89. The smallest absolute Gasteiger partial charge is 0.187 e. The number of carbonyl (C=O) groups excluding carboxylic acids is 1. The van der Waals surface area contributed by atoms with Crippen molar-refractivity contribution in [1.29, 1.82) is 0 Å². The molecule has 0 aliphatic rings. The molecule has 0 amide bonds. The molecule has 118 valence electrons. The third-order valence-corrected chi connectivity index (χ3v) is 4.79. The highest BCUT2D eigenvalue weighted by molar-refractivity contribution is 8.00. The lowest BCUT2D eigenvalue weighted by molar-refractivity contribution is 0.111. The van der Waals surface area contributed by atoms with Crippen molar-refractivity contribution in [2.24, 2.45) is 0 Å². The van der Waals surface area contributed by atoms with Gasteiger partial charge in [0.2, 0.25) is 0 Å². The van der Waals surface area contributed by atoms with Gasteiger partial charge in [-0.15, -0.1) is 11.3 Å². The molecule has 9 heteroatoms. The van der Waals surface area contributed by atoms with Crippen LogP contribution in [0.5, 0.6) is 23.0 Å². The summed E-state index contributed by atoms with van der Waals surface area (Å²) in [5.74, 6) is -3.10. The van der Waals surface area contributed by atoms with Crippen molar-refractivity contribution < 1.29 is 25.2 Å². The number of para-hydroxylation sites is 1. The minimum Gasteiger partial charge on any atom is -0.504 e. The third-order valence-electron chi connectivity index (χ3n) is 3.14. The zero-order valence-electron chi connectivity index (χ0n) is 11.3. The number of carbonyl (C=O) groups is 1. The summed E-state index contributed by atoms with van der Waals surface area (Å²) in [6.07, 6.45) is 0.136. The predicted octanol–water partition coefficient (Wildman–Crippen LogP) is 3.05. The lowest BCUT2D eigenvalue weighted by Gasteiger charge is -2.13. The van der Waals surface area contributed by atoms with E-state index in [1.54, 1.807) is 11.6 Å². The van der Waals surface area contributed by atoms with E-state index in [1.807, 2.05) is 12.1 Å². The Morgan fingerprint density at radius 1 is 1.09 bits per heavy atom. The van der Waals surface area contributed by atoms with E-state index in [4.69, 9.17) is 0 Å². The minimum atomic E-state index is -0.815. The average Bonchev–Trinajstić information content (AvgIpc) is 3.03. The van der Waals surface area contributed by atoms with Crippen molar-refractivity contribution in [2.45, 2.75) is 4.90 Å². The molecule has 0 radical (unpaired) electrons. The number of nitrogens with one attached hydrogen (secondary N) is 1. The van der Waals surface area contributed by atoms with Gasteiger partial charge in [-0.25, -0.2) is 4.98 Å². The number of phenolic OH excluding ortho intramolecular Hbond substituents is 4. The molecule has 0 unspecified atom stereocenters. The van der Waals surface area contributed by atoms with Crippen LogP contribution >= 0.6 is 23.3 Å². The first kappa shape index (κ1) is 15.3. The fourth-order valence-electron chi connectivity index (χ4n) is 1.97. The molecule has 1 heterocycles. The Hall–Kier alpha value is -2.65. The monoisotopic (exact) mass is 350 g/mol. The van der Waals surface area contributed by atoms with E-state index in [9.17, 15) is 25.2 Å². The Labute approximate surface area is 138 Å². The van der Waals surface area contributed by atoms with Crippen LogP contribution in [-0.4, -0.2) is 31.7 Å². The van der Waals surface area contributed by atoms with Crippen molar-refractivity contribution in [3.8, 4) is 23.0 Å². The molecule has 0 spiro atoms. The maximum atomic E-state index is 10.8.